The Morgan fingerprint density at radius 3 is 3.07 bits per heavy atom. The van der Waals surface area contributed by atoms with Gasteiger partial charge in [0.1, 0.15) is 10.8 Å². The molecule has 1 aromatic rings. The lowest BCUT2D eigenvalue weighted by Gasteiger charge is -2.02. The topological polar surface area (TPSA) is 65.8 Å². The Balaban J connectivity index is 2.44. The monoisotopic (exact) mass is 223 g/mol. The average molecular weight is 224 g/mol. The predicted octanol–water partition coefficient (Wildman–Crippen LogP) is 1.77. The molecule has 0 aliphatic heterocycles. The molecule has 1 heterocycles. The molecule has 0 aromatic carbocycles. The van der Waals surface area contributed by atoms with Crippen molar-refractivity contribution in [2.45, 2.75) is 12.8 Å². The third-order valence-electron chi connectivity index (χ3n) is 1.70. The van der Waals surface area contributed by atoms with E-state index in [-0.39, 0.29) is 5.91 Å². The van der Waals surface area contributed by atoms with Crippen molar-refractivity contribution < 1.29 is 4.79 Å². The van der Waals surface area contributed by atoms with Crippen molar-refractivity contribution in [3.05, 3.63) is 29.0 Å². The fourth-order valence-corrected chi connectivity index (χ4v) is 1.16. The molecule has 0 saturated carbocycles. The highest BCUT2D eigenvalue weighted by molar-refractivity contribution is 6.29. The molecule has 1 N–H and O–H groups in total. The van der Waals surface area contributed by atoms with E-state index in [0.717, 1.165) is 0 Å². The number of nitrogens with zero attached hydrogens (tertiary/aromatic N) is 2. The maximum Gasteiger partial charge on any atom is 0.269 e. The number of aromatic nitrogens is 1. The molecule has 0 atom stereocenters. The van der Waals surface area contributed by atoms with Crippen molar-refractivity contribution >= 4 is 17.5 Å². The number of nitrogens with one attached hydrogen (secondary N) is 1. The highest BCUT2D eigenvalue weighted by Crippen LogP contribution is 2.04. The van der Waals surface area contributed by atoms with Crippen LogP contribution in [-0.2, 0) is 0 Å². The van der Waals surface area contributed by atoms with Gasteiger partial charge in [-0.2, -0.15) is 5.26 Å². The van der Waals surface area contributed by atoms with Gasteiger partial charge in [-0.25, -0.2) is 4.98 Å². The molecule has 4 nitrogen and oxygen atoms in total. The van der Waals surface area contributed by atoms with E-state index in [1.165, 1.54) is 0 Å². The maximum absolute atomic E-state index is 11.4. The minimum Gasteiger partial charge on any atom is -0.351 e. The average Bonchev–Trinajstić information content (AvgIpc) is 2.24. The number of carbonyl (C=O) groups excluding carboxylic acids is 1. The number of nitriles is 1. The number of carbonyl (C=O) groups is 1. The third-order valence-corrected chi connectivity index (χ3v) is 1.91. The fourth-order valence-electron chi connectivity index (χ4n) is 0.995. The number of pyridine rings is 1. The molecule has 0 aliphatic carbocycles. The maximum atomic E-state index is 11.4. The minimum atomic E-state index is -0.268. The van der Waals surface area contributed by atoms with Crippen molar-refractivity contribution in [2.75, 3.05) is 6.54 Å². The van der Waals surface area contributed by atoms with E-state index < -0.39 is 0 Å². The van der Waals surface area contributed by atoms with Crippen LogP contribution in [0.1, 0.15) is 23.3 Å². The highest BCUT2D eigenvalue weighted by atomic mass is 35.5. The molecule has 1 aromatic heterocycles. The number of unbranched alkanes of at least 4 members (excludes halogenated alkanes) is 1. The van der Waals surface area contributed by atoms with Gasteiger partial charge in [-0.15, -0.1) is 0 Å². The second-order valence-corrected chi connectivity index (χ2v) is 3.25. The van der Waals surface area contributed by atoms with Gasteiger partial charge in [0.2, 0.25) is 0 Å². The van der Waals surface area contributed by atoms with Crippen molar-refractivity contribution in [3.63, 3.8) is 0 Å². The van der Waals surface area contributed by atoms with E-state index in [2.05, 4.69) is 10.3 Å². The van der Waals surface area contributed by atoms with Gasteiger partial charge in [0.05, 0.1) is 6.07 Å². The van der Waals surface area contributed by atoms with Gasteiger partial charge in [-0.1, -0.05) is 17.7 Å². The first kappa shape index (κ1) is 11.5. The number of hydrogen-bond acceptors (Lipinski definition) is 3. The van der Waals surface area contributed by atoms with Crippen LogP contribution in [0, 0.1) is 11.3 Å². The molecule has 0 unspecified atom stereocenters. The van der Waals surface area contributed by atoms with Crippen molar-refractivity contribution in [1.82, 2.24) is 10.3 Å². The van der Waals surface area contributed by atoms with Crippen LogP contribution in [0.4, 0.5) is 0 Å². The van der Waals surface area contributed by atoms with E-state index in [1.807, 2.05) is 6.07 Å². The molecule has 0 saturated heterocycles. The highest BCUT2D eigenvalue weighted by Gasteiger charge is 2.05. The molecule has 0 spiro atoms. The van der Waals surface area contributed by atoms with Crippen LogP contribution < -0.4 is 5.32 Å². The SMILES string of the molecule is N#CCCCNC(=O)c1cccc(Cl)n1. The van der Waals surface area contributed by atoms with Crippen molar-refractivity contribution in [3.8, 4) is 6.07 Å². The number of halogens is 1. The fraction of sp³-hybridized carbons (Fsp3) is 0.300. The van der Waals surface area contributed by atoms with E-state index in [9.17, 15) is 4.79 Å². The summed E-state index contributed by atoms with van der Waals surface area (Å²) in [5.74, 6) is -0.268. The van der Waals surface area contributed by atoms with Gasteiger partial charge < -0.3 is 5.32 Å². The first-order valence-electron chi connectivity index (χ1n) is 4.52. The second-order valence-electron chi connectivity index (χ2n) is 2.86. The Labute approximate surface area is 92.9 Å². The summed E-state index contributed by atoms with van der Waals surface area (Å²) >= 11 is 5.64. The van der Waals surface area contributed by atoms with Crippen molar-refractivity contribution in [1.29, 1.82) is 5.26 Å². The van der Waals surface area contributed by atoms with Gasteiger partial charge in [0.25, 0.3) is 5.91 Å². The van der Waals surface area contributed by atoms with Crippen LogP contribution in [0.25, 0.3) is 0 Å². The van der Waals surface area contributed by atoms with Crippen molar-refractivity contribution in [2.24, 2.45) is 0 Å². The number of rotatable bonds is 4. The second kappa shape index (κ2) is 5.99. The zero-order chi connectivity index (χ0) is 11.1. The standard InChI is InChI=1S/C10H10ClN3O/c11-9-5-3-4-8(14-9)10(15)13-7-2-1-6-12/h3-5H,1-2,7H2,(H,13,15). The van der Waals surface area contributed by atoms with Crippen LogP contribution in [0.15, 0.2) is 18.2 Å². The number of hydrogen-bond donors (Lipinski definition) is 1. The molecular weight excluding hydrogens is 214 g/mol. The number of amides is 1. The van der Waals surface area contributed by atoms with E-state index in [1.54, 1.807) is 18.2 Å². The summed E-state index contributed by atoms with van der Waals surface area (Å²) in [5, 5.41) is 11.2. The summed E-state index contributed by atoms with van der Waals surface area (Å²) in [6.45, 7) is 0.473. The Hall–Kier alpha value is -1.60. The van der Waals surface area contributed by atoms with Crippen LogP contribution in [0.5, 0.6) is 0 Å². The minimum absolute atomic E-state index is 0.268. The van der Waals surface area contributed by atoms with E-state index >= 15 is 0 Å². The normalized spacial score (nSPS) is 9.33. The van der Waals surface area contributed by atoms with Crippen LogP contribution in [0.3, 0.4) is 0 Å². The molecular formula is C10H10ClN3O. The van der Waals surface area contributed by atoms with Gasteiger partial charge >= 0.3 is 0 Å². The van der Waals surface area contributed by atoms with Gasteiger partial charge in [-0.3, -0.25) is 4.79 Å². The lowest BCUT2D eigenvalue weighted by atomic mass is 10.3. The van der Waals surface area contributed by atoms with E-state index in [0.29, 0.717) is 30.2 Å². The summed E-state index contributed by atoms with van der Waals surface area (Å²) in [6, 6.07) is 6.86. The Morgan fingerprint density at radius 1 is 1.60 bits per heavy atom. The zero-order valence-corrected chi connectivity index (χ0v) is 8.79. The summed E-state index contributed by atoms with van der Waals surface area (Å²) in [6.07, 6.45) is 1.08. The quantitative estimate of drug-likeness (QED) is 0.625. The molecule has 0 fully saturated rings. The smallest absolute Gasteiger partial charge is 0.269 e. The van der Waals surface area contributed by atoms with E-state index in [4.69, 9.17) is 16.9 Å². The largest absolute Gasteiger partial charge is 0.351 e. The molecule has 0 radical (unpaired) electrons. The van der Waals surface area contributed by atoms with Gasteiger partial charge in [0, 0.05) is 13.0 Å². The van der Waals surface area contributed by atoms with Crippen LogP contribution in [0.2, 0.25) is 5.15 Å². The first-order chi connectivity index (χ1) is 7.24. The lowest BCUT2D eigenvalue weighted by molar-refractivity contribution is 0.0948. The zero-order valence-electron chi connectivity index (χ0n) is 8.03. The summed E-state index contributed by atoms with van der Waals surface area (Å²) < 4.78 is 0. The van der Waals surface area contributed by atoms with Gasteiger partial charge in [0.15, 0.2) is 0 Å². The first-order valence-corrected chi connectivity index (χ1v) is 4.89. The molecule has 5 heteroatoms. The molecule has 1 amide bonds. The molecule has 1 rings (SSSR count). The molecule has 15 heavy (non-hydrogen) atoms. The molecule has 0 bridgehead atoms. The van der Waals surface area contributed by atoms with Crippen LogP contribution >= 0.6 is 11.6 Å². The summed E-state index contributed by atoms with van der Waals surface area (Å²) in [5.41, 5.74) is 0.291. The Morgan fingerprint density at radius 2 is 2.40 bits per heavy atom. The summed E-state index contributed by atoms with van der Waals surface area (Å²) in [7, 11) is 0. The third kappa shape index (κ3) is 3.96. The summed E-state index contributed by atoms with van der Waals surface area (Å²) in [4.78, 5) is 15.3. The predicted molar refractivity (Wildman–Crippen MR) is 56.4 cm³/mol. The molecule has 78 valence electrons. The lowest BCUT2D eigenvalue weighted by Crippen LogP contribution is -2.25. The molecule has 0 aliphatic rings. The Bertz CT molecular complexity index is 386. The van der Waals surface area contributed by atoms with Crippen LogP contribution in [-0.4, -0.2) is 17.4 Å². The Kier molecular flexibility index (Phi) is 4.58. The van der Waals surface area contributed by atoms with Gasteiger partial charge in [-0.05, 0) is 18.6 Å².